The second-order valence-corrected chi connectivity index (χ2v) is 5.73. The van der Waals surface area contributed by atoms with Crippen molar-refractivity contribution in [2.45, 2.75) is 90.4 Å². The number of allylic oxidation sites excluding steroid dienone is 3. The fourth-order valence-electron chi connectivity index (χ4n) is 2.50. The van der Waals surface area contributed by atoms with E-state index in [9.17, 15) is 4.79 Å². The topological polar surface area (TPSA) is 106 Å². The molecule has 0 aromatic carbocycles. The van der Waals surface area contributed by atoms with E-state index >= 15 is 0 Å². The van der Waals surface area contributed by atoms with Gasteiger partial charge in [0.25, 0.3) is 0 Å². The molecule has 0 unspecified atom stereocenters. The van der Waals surface area contributed by atoms with Gasteiger partial charge in [-0.05, 0) is 26.2 Å². The van der Waals surface area contributed by atoms with Gasteiger partial charge in [-0.1, -0.05) is 69.9 Å². The van der Waals surface area contributed by atoms with E-state index in [0.29, 0.717) is 5.76 Å². The average Bonchev–Trinajstić information content (AvgIpc) is 2.82. The molecule has 0 aliphatic carbocycles. The van der Waals surface area contributed by atoms with Gasteiger partial charge in [0.05, 0.1) is 7.11 Å². The molecule has 168 valence electrons. The first-order valence-electron chi connectivity index (χ1n) is 9.56. The number of carbonyl (C=O) groups excluding carboxylic acids is 1. The molecule has 0 N–H and O–H groups in total. The molecule has 7 heteroatoms. The normalized spacial score (nSPS) is 7.80. The molecule has 0 aliphatic rings. The first-order chi connectivity index (χ1) is 14.3. The second-order valence-electron chi connectivity index (χ2n) is 5.73. The van der Waals surface area contributed by atoms with Crippen molar-refractivity contribution in [1.29, 1.82) is 0 Å². The minimum atomic E-state index is 0. The predicted octanol–water partition coefficient (Wildman–Crippen LogP) is 5.84. The van der Waals surface area contributed by atoms with E-state index in [-0.39, 0.29) is 17.4 Å². The first kappa shape index (κ1) is 42.6. The van der Waals surface area contributed by atoms with Crippen LogP contribution in [0.1, 0.15) is 90.4 Å². The molecule has 0 amide bonds. The molecule has 0 aromatic heterocycles. The number of hydrogen-bond acceptors (Lipinski definition) is 2. The Hall–Kier alpha value is -1.52. The number of unbranched alkanes of at least 4 members (excludes halogenated alkanes) is 11. The van der Waals surface area contributed by atoms with Crippen LogP contribution in [-0.4, -0.2) is 13.1 Å². The molecule has 0 aliphatic heterocycles. The number of methoxy groups -OCH3 is 1. The maximum Gasteiger partial charge on any atom is 0 e. The third kappa shape index (κ3) is 50.3. The summed E-state index contributed by atoms with van der Waals surface area (Å²) in [6.07, 6.45) is 20.9. The smallest absolute Gasteiger partial charge is 0 e. The molecule has 0 aromatic rings. The number of ether oxygens (including phenoxy) is 1. The summed E-state index contributed by atoms with van der Waals surface area (Å²) in [5.41, 5.74) is 0. The zero-order chi connectivity index (χ0) is 23.6. The summed E-state index contributed by atoms with van der Waals surface area (Å²) < 4.78 is 34.9. The van der Waals surface area contributed by atoms with Gasteiger partial charge in [0.15, 0.2) is 11.7 Å². The van der Waals surface area contributed by atoms with Crippen LogP contribution in [0.25, 0.3) is 0 Å². The molecule has 0 bridgehead atoms. The summed E-state index contributed by atoms with van der Waals surface area (Å²) in [6, 6.07) is 0. The summed E-state index contributed by atoms with van der Waals surface area (Å²) >= 11 is 0. The van der Waals surface area contributed by atoms with E-state index in [4.69, 9.17) is 23.3 Å². The Kier molecular flexibility index (Phi) is 80.0. The largest absolute Gasteiger partial charge is 0 e. The van der Waals surface area contributed by atoms with Gasteiger partial charge in [0.2, 0.25) is 0 Å². The summed E-state index contributed by atoms with van der Waals surface area (Å²) in [7, 11) is 1.54. The number of rotatable bonds is 15. The Bertz CT molecular complexity index is 422. The van der Waals surface area contributed by atoms with Crippen LogP contribution < -0.4 is 0 Å². The minimum Gasteiger partial charge on any atom is 0 e. The minimum absolute atomic E-state index is 0. The van der Waals surface area contributed by atoms with Crippen LogP contribution in [0.15, 0.2) is 17.9 Å². The Morgan fingerprint density at radius 1 is 0.733 bits per heavy atom. The molecule has 0 saturated heterocycles. The molecule has 0 fully saturated rings. The van der Waals surface area contributed by atoms with Crippen LogP contribution in [0, 0.1) is 26.6 Å². The molecule has 0 rings (SSSR count). The van der Waals surface area contributed by atoms with E-state index in [1.54, 1.807) is 7.11 Å². The average molecular weight is 459 g/mol. The Labute approximate surface area is 193 Å². The van der Waals surface area contributed by atoms with Crippen molar-refractivity contribution in [3.05, 3.63) is 44.5 Å². The maximum atomic E-state index is 10.4. The van der Waals surface area contributed by atoms with Crippen LogP contribution in [0.3, 0.4) is 0 Å². The van der Waals surface area contributed by atoms with Crippen molar-refractivity contribution < 1.29 is 45.5 Å². The van der Waals surface area contributed by atoms with E-state index in [1.807, 2.05) is 5.94 Å². The van der Waals surface area contributed by atoms with E-state index in [1.165, 1.54) is 70.6 Å². The molecular weight excluding hydrogens is 424 g/mol. The number of hydrogen-bond donors (Lipinski definition) is 0. The zero-order valence-corrected chi connectivity index (χ0v) is 19.5. The molecule has 0 spiro atoms. The molecule has 30 heavy (non-hydrogen) atoms. The van der Waals surface area contributed by atoms with E-state index in [0.717, 1.165) is 12.8 Å². The third-order valence-electron chi connectivity index (χ3n) is 3.87. The van der Waals surface area contributed by atoms with Crippen molar-refractivity contribution in [1.82, 2.24) is 0 Å². The van der Waals surface area contributed by atoms with Crippen molar-refractivity contribution in [3.8, 4) is 0 Å². The van der Waals surface area contributed by atoms with E-state index < -0.39 is 0 Å². The van der Waals surface area contributed by atoms with Crippen LogP contribution in [0.4, 0.5) is 0 Å². The zero-order valence-electron chi connectivity index (χ0n) is 18.2. The van der Waals surface area contributed by atoms with Crippen LogP contribution in [-0.2, 0) is 45.5 Å². The SMILES string of the molecule is C/C=C/CCCCCCCCCCCCCC(=C=O)OC.[C-]#[O+].[C-]#[O+].[C-]#[O+].[C-]#[O+].[Cr]. The fraction of sp³-hybridized carbons (Fsp3) is 0.652. The van der Waals surface area contributed by atoms with Gasteiger partial charge >= 0.3 is 45.2 Å². The summed E-state index contributed by atoms with van der Waals surface area (Å²) in [4.78, 5) is 10.4. The van der Waals surface area contributed by atoms with E-state index in [2.05, 4.69) is 45.7 Å². The summed E-state index contributed by atoms with van der Waals surface area (Å²) in [5, 5.41) is 0. The van der Waals surface area contributed by atoms with Gasteiger partial charge in [-0.15, -0.1) is 0 Å². The van der Waals surface area contributed by atoms with Crippen LogP contribution in [0.2, 0.25) is 0 Å². The van der Waals surface area contributed by atoms with Crippen LogP contribution in [0.5, 0.6) is 0 Å². The maximum absolute atomic E-state index is 10.4. The molecule has 0 atom stereocenters. The molecule has 0 heterocycles. The first-order valence-corrected chi connectivity index (χ1v) is 9.56. The Morgan fingerprint density at radius 3 is 1.37 bits per heavy atom. The molecule has 6 nitrogen and oxygen atoms in total. The Balaban J connectivity index is -0.000000142. The molecule has 0 radical (unpaired) electrons. The second kappa shape index (κ2) is 56.4. The Morgan fingerprint density at radius 2 is 1.07 bits per heavy atom. The van der Waals surface area contributed by atoms with Gasteiger partial charge in [-0.3, -0.25) is 0 Å². The molecule has 0 saturated carbocycles. The quantitative estimate of drug-likeness (QED) is 0.0767. The predicted molar refractivity (Wildman–Crippen MR) is 107 cm³/mol. The van der Waals surface area contributed by atoms with Crippen molar-refractivity contribution >= 4 is 5.94 Å². The summed E-state index contributed by atoms with van der Waals surface area (Å²) in [6.45, 7) is 20.1. The van der Waals surface area contributed by atoms with Gasteiger partial charge in [-0.2, -0.15) is 0 Å². The van der Waals surface area contributed by atoms with Crippen LogP contribution >= 0.6 is 0 Å². The monoisotopic (exact) mass is 458 g/mol. The fourth-order valence-corrected chi connectivity index (χ4v) is 2.50. The van der Waals surface area contributed by atoms with Gasteiger partial charge in [0, 0.05) is 23.8 Å². The van der Waals surface area contributed by atoms with Gasteiger partial charge < -0.3 is 4.74 Å². The van der Waals surface area contributed by atoms with Gasteiger partial charge in [-0.25, -0.2) is 4.79 Å². The van der Waals surface area contributed by atoms with Gasteiger partial charge in [0.1, 0.15) is 0 Å². The van der Waals surface area contributed by atoms with Crippen molar-refractivity contribution in [3.63, 3.8) is 0 Å². The molecular formula is C23H34CrO6. The third-order valence-corrected chi connectivity index (χ3v) is 3.87. The van der Waals surface area contributed by atoms with Crippen molar-refractivity contribution in [2.75, 3.05) is 7.11 Å². The van der Waals surface area contributed by atoms with Crippen molar-refractivity contribution in [2.24, 2.45) is 0 Å². The summed E-state index contributed by atoms with van der Waals surface area (Å²) in [5.74, 6) is 2.30. The standard InChI is InChI=1S/C19H34O2.4CO.Cr/c1-3-4-5-6-7-8-9-10-11-12-13-14-15-16-17-19(18-20)21-2;4*1-2;/h3-4H,5-17H2,1-2H3;;;;;/b4-3+;;;;;.